The van der Waals surface area contributed by atoms with E-state index in [1.807, 2.05) is 20.8 Å². The first-order chi connectivity index (χ1) is 7.77. The molecule has 0 saturated carbocycles. The van der Waals surface area contributed by atoms with Gasteiger partial charge in [0.05, 0.1) is 12.6 Å². The lowest BCUT2D eigenvalue weighted by molar-refractivity contribution is 0.384. The van der Waals surface area contributed by atoms with Crippen LogP contribution >= 0.6 is 15.9 Å². The number of hydrogen-bond donors (Lipinski definition) is 2. The fourth-order valence-corrected chi connectivity index (χ4v) is 2.62. The van der Waals surface area contributed by atoms with Crippen molar-refractivity contribution in [3.8, 4) is 5.75 Å². The van der Waals surface area contributed by atoms with Crippen molar-refractivity contribution in [2.24, 2.45) is 11.5 Å². The molecule has 1 unspecified atom stereocenters. The van der Waals surface area contributed by atoms with Gasteiger partial charge in [0, 0.05) is 16.6 Å². The summed E-state index contributed by atoms with van der Waals surface area (Å²) in [6, 6.07) is 0. The second-order valence-corrected chi connectivity index (χ2v) is 5.51. The first-order valence-corrected chi connectivity index (χ1v) is 6.39. The van der Waals surface area contributed by atoms with E-state index in [1.54, 1.807) is 7.11 Å². The van der Waals surface area contributed by atoms with Crippen LogP contribution in [-0.2, 0) is 5.54 Å². The minimum atomic E-state index is -0.587. The van der Waals surface area contributed by atoms with E-state index >= 15 is 0 Å². The first kappa shape index (κ1) is 14.5. The van der Waals surface area contributed by atoms with Crippen LogP contribution in [0.2, 0.25) is 0 Å². The summed E-state index contributed by atoms with van der Waals surface area (Å²) in [5.41, 5.74) is 15.8. The molecule has 0 spiro atoms. The van der Waals surface area contributed by atoms with Gasteiger partial charge in [-0.3, -0.25) is 0 Å². The Bertz CT molecular complexity index is 442. The summed E-state index contributed by atoms with van der Waals surface area (Å²) in [4.78, 5) is 0. The Balaban J connectivity index is 3.70. The second kappa shape index (κ2) is 4.96. The number of rotatable bonds is 3. The molecule has 1 rings (SSSR count). The summed E-state index contributed by atoms with van der Waals surface area (Å²) in [7, 11) is 1.67. The Morgan fingerprint density at radius 1 is 1.18 bits per heavy atom. The third-order valence-electron chi connectivity index (χ3n) is 3.36. The molecule has 0 amide bonds. The highest BCUT2D eigenvalue weighted by Gasteiger charge is 2.29. The number of hydrogen-bond acceptors (Lipinski definition) is 3. The van der Waals surface area contributed by atoms with Gasteiger partial charge < -0.3 is 16.2 Å². The summed E-state index contributed by atoms with van der Waals surface area (Å²) in [6.45, 7) is 8.44. The Morgan fingerprint density at radius 2 is 1.71 bits per heavy atom. The van der Waals surface area contributed by atoms with Crippen LogP contribution in [0.25, 0.3) is 0 Å². The number of nitrogens with two attached hydrogens (primary N) is 2. The molecule has 0 saturated heterocycles. The van der Waals surface area contributed by atoms with Crippen molar-refractivity contribution in [2.45, 2.75) is 33.2 Å². The molecular weight excluding hydrogens is 280 g/mol. The highest BCUT2D eigenvalue weighted by atomic mass is 79.9. The molecular formula is C13H21BrN2O. The molecule has 0 aromatic heterocycles. The molecule has 0 heterocycles. The van der Waals surface area contributed by atoms with Gasteiger partial charge in [0.1, 0.15) is 5.75 Å². The van der Waals surface area contributed by atoms with E-state index in [2.05, 4.69) is 22.9 Å². The Kier molecular flexibility index (Phi) is 4.23. The lowest BCUT2D eigenvalue weighted by Gasteiger charge is -2.30. The van der Waals surface area contributed by atoms with Gasteiger partial charge in [0.15, 0.2) is 0 Å². The third kappa shape index (κ3) is 2.34. The summed E-state index contributed by atoms with van der Waals surface area (Å²) in [5.74, 6) is 0.846. The van der Waals surface area contributed by atoms with Crippen LogP contribution in [0.1, 0.15) is 29.2 Å². The standard InChI is InChI=1S/C13H21BrN2O/c1-7-8(2)12(17-5)10(9(3)11(7)14)13(4,16)6-15/h6,15-16H2,1-5H3. The molecule has 0 bridgehead atoms. The van der Waals surface area contributed by atoms with Gasteiger partial charge in [-0.1, -0.05) is 15.9 Å². The van der Waals surface area contributed by atoms with Gasteiger partial charge in [-0.2, -0.15) is 0 Å². The summed E-state index contributed by atoms with van der Waals surface area (Å²) < 4.78 is 6.60. The van der Waals surface area contributed by atoms with Gasteiger partial charge in [-0.05, 0) is 44.4 Å². The van der Waals surface area contributed by atoms with Gasteiger partial charge in [0.25, 0.3) is 0 Å². The van der Waals surface area contributed by atoms with E-state index in [0.717, 1.165) is 26.9 Å². The molecule has 4 N–H and O–H groups in total. The lowest BCUT2D eigenvalue weighted by atomic mass is 9.86. The molecule has 3 nitrogen and oxygen atoms in total. The van der Waals surface area contributed by atoms with Crippen LogP contribution in [0.4, 0.5) is 0 Å². The zero-order valence-electron chi connectivity index (χ0n) is 11.1. The Labute approximate surface area is 112 Å². The Hall–Kier alpha value is -0.580. The number of methoxy groups -OCH3 is 1. The molecule has 0 aliphatic carbocycles. The smallest absolute Gasteiger partial charge is 0.127 e. The SMILES string of the molecule is COc1c(C)c(C)c(Br)c(C)c1C(C)(N)CN. The summed E-state index contributed by atoms with van der Waals surface area (Å²) in [6.07, 6.45) is 0. The zero-order valence-corrected chi connectivity index (χ0v) is 12.7. The van der Waals surface area contributed by atoms with Gasteiger partial charge in [-0.25, -0.2) is 0 Å². The topological polar surface area (TPSA) is 61.3 Å². The maximum atomic E-state index is 6.28. The van der Waals surface area contributed by atoms with Gasteiger partial charge >= 0.3 is 0 Å². The molecule has 0 aliphatic heterocycles. The van der Waals surface area contributed by atoms with Crippen molar-refractivity contribution >= 4 is 15.9 Å². The van der Waals surface area contributed by atoms with Crippen molar-refractivity contribution < 1.29 is 4.74 Å². The van der Waals surface area contributed by atoms with E-state index in [1.165, 1.54) is 5.56 Å². The maximum absolute atomic E-state index is 6.28. The lowest BCUT2D eigenvalue weighted by Crippen LogP contribution is -2.42. The zero-order chi connectivity index (χ0) is 13.4. The van der Waals surface area contributed by atoms with E-state index in [4.69, 9.17) is 16.2 Å². The fourth-order valence-electron chi connectivity index (χ4n) is 2.13. The summed E-state index contributed by atoms with van der Waals surface area (Å²) >= 11 is 3.61. The minimum absolute atomic E-state index is 0.374. The molecule has 4 heteroatoms. The van der Waals surface area contributed by atoms with Gasteiger partial charge in [0.2, 0.25) is 0 Å². The molecule has 17 heavy (non-hydrogen) atoms. The molecule has 0 aliphatic rings. The van der Waals surface area contributed by atoms with Crippen molar-refractivity contribution in [2.75, 3.05) is 13.7 Å². The highest BCUT2D eigenvalue weighted by molar-refractivity contribution is 9.10. The second-order valence-electron chi connectivity index (χ2n) is 4.72. The third-order valence-corrected chi connectivity index (χ3v) is 4.55. The minimum Gasteiger partial charge on any atom is -0.496 e. The van der Waals surface area contributed by atoms with Crippen molar-refractivity contribution in [3.63, 3.8) is 0 Å². The van der Waals surface area contributed by atoms with E-state index in [9.17, 15) is 0 Å². The highest BCUT2D eigenvalue weighted by Crippen LogP contribution is 2.40. The predicted octanol–water partition coefficient (Wildman–Crippen LogP) is 2.52. The molecule has 1 atom stereocenters. The molecule has 0 fully saturated rings. The van der Waals surface area contributed by atoms with Gasteiger partial charge in [-0.15, -0.1) is 0 Å². The molecule has 1 aromatic rings. The number of benzene rings is 1. The van der Waals surface area contributed by atoms with Crippen LogP contribution < -0.4 is 16.2 Å². The monoisotopic (exact) mass is 300 g/mol. The van der Waals surface area contributed by atoms with Crippen LogP contribution in [0.5, 0.6) is 5.75 Å². The van der Waals surface area contributed by atoms with Crippen LogP contribution in [0.15, 0.2) is 4.47 Å². The average Bonchev–Trinajstić information content (AvgIpc) is 2.30. The van der Waals surface area contributed by atoms with Crippen LogP contribution in [-0.4, -0.2) is 13.7 Å². The number of ether oxygens (including phenoxy) is 1. The predicted molar refractivity (Wildman–Crippen MR) is 75.5 cm³/mol. The quantitative estimate of drug-likeness (QED) is 0.902. The van der Waals surface area contributed by atoms with Crippen molar-refractivity contribution in [1.82, 2.24) is 0 Å². The van der Waals surface area contributed by atoms with Crippen molar-refractivity contribution in [3.05, 3.63) is 26.7 Å². The summed E-state index contributed by atoms with van der Waals surface area (Å²) in [5, 5.41) is 0. The Morgan fingerprint density at radius 3 is 2.12 bits per heavy atom. The fraction of sp³-hybridized carbons (Fsp3) is 0.538. The van der Waals surface area contributed by atoms with E-state index in [0.29, 0.717) is 6.54 Å². The molecule has 1 aromatic carbocycles. The van der Waals surface area contributed by atoms with Crippen LogP contribution in [0, 0.1) is 20.8 Å². The average molecular weight is 301 g/mol. The maximum Gasteiger partial charge on any atom is 0.127 e. The molecule has 0 radical (unpaired) electrons. The number of halogens is 1. The van der Waals surface area contributed by atoms with E-state index in [-0.39, 0.29) is 0 Å². The molecule has 96 valence electrons. The largest absolute Gasteiger partial charge is 0.496 e. The first-order valence-electron chi connectivity index (χ1n) is 5.60. The van der Waals surface area contributed by atoms with E-state index < -0.39 is 5.54 Å². The van der Waals surface area contributed by atoms with Crippen LogP contribution in [0.3, 0.4) is 0 Å². The van der Waals surface area contributed by atoms with Crippen molar-refractivity contribution in [1.29, 1.82) is 0 Å². The normalized spacial score (nSPS) is 14.6.